The molecule has 0 amide bonds. The van der Waals surface area contributed by atoms with Crippen LogP contribution in [-0.2, 0) is 12.7 Å². The van der Waals surface area contributed by atoms with Gasteiger partial charge in [-0.1, -0.05) is 38.1 Å². The molecular weight excluding hydrogens is 339 g/mol. The third-order valence-electron chi connectivity index (χ3n) is 4.82. The van der Waals surface area contributed by atoms with Crippen molar-refractivity contribution < 1.29 is 13.2 Å². The van der Waals surface area contributed by atoms with E-state index in [1.807, 2.05) is 4.90 Å². The molecule has 3 rings (SSSR count). The summed E-state index contributed by atoms with van der Waals surface area (Å²) in [5.41, 5.74) is 1.92. The molecule has 1 saturated heterocycles. The number of hydrogen-bond donors (Lipinski definition) is 0. The number of benzene rings is 1. The second-order valence-corrected chi connectivity index (χ2v) is 7.06. The Labute approximate surface area is 152 Å². The van der Waals surface area contributed by atoms with Crippen LogP contribution in [0.4, 0.5) is 19.0 Å². The Hall–Kier alpha value is -2.08. The third kappa shape index (κ3) is 4.55. The predicted molar refractivity (Wildman–Crippen MR) is 97.3 cm³/mol. The van der Waals surface area contributed by atoms with Gasteiger partial charge in [0.25, 0.3) is 0 Å². The Morgan fingerprint density at radius 3 is 2.12 bits per heavy atom. The predicted octanol–water partition coefficient (Wildman–Crippen LogP) is 4.55. The molecule has 0 unspecified atom stereocenters. The molecule has 2 aromatic rings. The molecule has 1 aliphatic rings. The van der Waals surface area contributed by atoms with Crippen LogP contribution < -0.4 is 4.90 Å². The smallest absolute Gasteiger partial charge is 0.354 e. The first-order chi connectivity index (χ1) is 12.3. The van der Waals surface area contributed by atoms with E-state index < -0.39 is 11.7 Å². The quantitative estimate of drug-likeness (QED) is 0.795. The first kappa shape index (κ1) is 18.7. The summed E-state index contributed by atoms with van der Waals surface area (Å²) in [6.07, 6.45) is -3.42. The second kappa shape index (κ2) is 7.66. The lowest BCUT2D eigenvalue weighted by Crippen LogP contribution is -2.46. The van der Waals surface area contributed by atoms with Crippen LogP contribution in [0.15, 0.2) is 42.6 Å². The molecule has 0 bridgehead atoms. The van der Waals surface area contributed by atoms with Gasteiger partial charge in [0.2, 0.25) is 0 Å². The van der Waals surface area contributed by atoms with Crippen LogP contribution in [0.25, 0.3) is 0 Å². The molecule has 26 heavy (non-hydrogen) atoms. The molecule has 1 fully saturated rings. The molecule has 1 aromatic carbocycles. The number of pyridine rings is 1. The number of rotatable bonds is 4. The highest BCUT2D eigenvalue weighted by Crippen LogP contribution is 2.29. The number of aromatic nitrogens is 1. The molecule has 0 atom stereocenters. The van der Waals surface area contributed by atoms with E-state index >= 15 is 0 Å². The summed E-state index contributed by atoms with van der Waals surface area (Å²) < 4.78 is 37.9. The molecule has 0 saturated carbocycles. The van der Waals surface area contributed by atoms with Gasteiger partial charge in [-0.25, -0.2) is 4.98 Å². The molecule has 0 spiro atoms. The first-order valence-electron chi connectivity index (χ1n) is 8.92. The summed E-state index contributed by atoms with van der Waals surface area (Å²) in [5, 5.41) is 0. The van der Waals surface area contributed by atoms with Gasteiger partial charge in [0, 0.05) is 38.9 Å². The van der Waals surface area contributed by atoms with E-state index in [1.165, 1.54) is 17.2 Å². The molecule has 3 nitrogen and oxygen atoms in total. The molecule has 0 aliphatic carbocycles. The summed E-state index contributed by atoms with van der Waals surface area (Å²) >= 11 is 0. The van der Waals surface area contributed by atoms with Gasteiger partial charge in [-0.05, 0) is 29.2 Å². The van der Waals surface area contributed by atoms with Gasteiger partial charge in [0.05, 0.1) is 5.56 Å². The third-order valence-corrected chi connectivity index (χ3v) is 4.82. The van der Waals surface area contributed by atoms with Crippen molar-refractivity contribution in [2.24, 2.45) is 0 Å². The number of nitrogens with zero attached hydrogens (tertiary/aromatic N) is 3. The van der Waals surface area contributed by atoms with E-state index in [2.05, 4.69) is 48.0 Å². The zero-order chi connectivity index (χ0) is 18.7. The normalized spacial score (nSPS) is 16.3. The summed E-state index contributed by atoms with van der Waals surface area (Å²) in [6, 6.07) is 11.3. The molecular formula is C20H24F3N3. The lowest BCUT2D eigenvalue weighted by Gasteiger charge is -2.35. The SMILES string of the molecule is CC(C)c1ccc(CN2CCN(c3ccc(C(F)(F)F)cn3)CC2)cc1. The maximum absolute atomic E-state index is 12.6. The Balaban J connectivity index is 1.54. The van der Waals surface area contributed by atoms with Crippen molar-refractivity contribution in [1.82, 2.24) is 9.88 Å². The van der Waals surface area contributed by atoms with E-state index in [9.17, 15) is 13.2 Å². The van der Waals surface area contributed by atoms with E-state index in [-0.39, 0.29) is 0 Å². The highest BCUT2D eigenvalue weighted by Gasteiger charge is 2.31. The summed E-state index contributed by atoms with van der Waals surface area (Å²) in [6.45, 7) is 8.54. The molecule has 140 valence electrons. The van der Waals surface area contributed by atoms with Gasteiger partial charge in [-0.15, -0.1) is 0 Å². The van der Waals surface area contributed by atoms with E-state index in [0.717, 1.165) is 45.0 Å². The number of alkyl halides is 3. The van der Waals surface area contributed by atoms with Crippen molar-refractivity contribution in [2.45, 2.75) is 32.5 Å². The van der Waals surface area contributed by atoms with Crippen LogP contribution in [-0.4, -0.2) is 36.1 Å². The average Bonchev–Trinajstić information content (AvgIpc) is 2.62. The molecule has 1 aliphatic heterocycles. The second-order valence-electron chi connectivity index (χ2n) is 7.06. The molecule has 0 radical (unpaired) electrons. The summed E-state index contributed by atoms with van der Waals surface area (Å²) in [7, 11) is 0. The van der Waals surface area contributed by atoms with Gasteiger partial charge in [-0.3, -0.25) is 4.90 Å². The Morgan fingerprint density at radius 2 is 1.62 bits per heavy atom. The fraction of sp³-hybridized carbons (Fsp3) is 0.450. The Bertz CT molecular complexity index is 701. The van der Waals surface area contributed by atoms with Crippen LogP contribution in [0.1, 0.15) is 36.5 Å². The maximum Gasteiger partial charge on any atom is 0.417 e. The van der Waals surface area contributed by atoms with Crippen molar-refractivity contribution in [3.63, 3.8) is 0 Å². The molecule has 0 N–H and O–H groups in total. The average molecular weight is 363 g/mol. The van der Waals surface area contributed by atoms with Gasteiger partial charge >= 0.3 is 6.18 Å². The van der Waals surface area contributed by atoms with Gasteiger partial charge < -0.3 is 4.90 Å². The lowest BCUT2D eigenvalue weighted by atomic mass is 10.0. The van der Waals surface area contributed by atoms with Crippen LogP contribution in [0.3, 0.4) is 0 Å². The number of halogens is 3. The first-order valence-corrected chi connectivity index (χ1v) is 8.92. The zero-order valence-corrected chi connectivity index (χ0v) is 15.1. The number of piperazine rings is 1. The fourth-order valence-corrected chi connectivity index (χ4v) is 3.14. The molecule has 2 heterocycles. The van der Waals surface area contributed by atoms with Crippen molar-refractivity contribution in [2.75, 3.05) is 31.1 Å². The van der Waals surface area contributed by atoms with Crippen molar-refractivity contribution >= 4 is 5.82 Å². The van der Waals surface area contributed by atoms with Crippen molar-refractivity contribution in [3.8, 4) is 0 Å². The van der Waals surface area contributed by atoms with Gasteiger partial charge in [0.1, 0.15) is 5.82 Å². The highest BCUT2D eigenvalue weighted by atomic mass is 19.4. The summed E-state index contributed by atoms with van der Waals surface area (Å²) in [4.78, 5) is 8.40. The minimum atomic E-state index is -4.34. The number of hydrogen-bond acceptors (Lipinski definition) is 3. The summed E-state index contributed by atoms with van der Waals surface area (Å²) in [5.74, 6) is 1.14. The van der Waals surface area contributed by atoms with Gasteiger partial charge in [-0.2, -0.15) is 13.2 Å². The minimum absolute atomic E-state index is 0.531. The van der Waals surface area contributed by atoms with Crippen molar-refractivity contribution in [1.29, 1.82) is 0 Å². The van der Waals surface area contributed by atoms with Crippen molar-refractivity contribution in [3.05, 3.63) is 59.3 Å². The standard InChI is InChI=1S/C20H24F3N3/c1-15(2)17-5-3-16(4-6-17)14-25-9-11-26(12-10-25)19-8-7-18(13-24-19)20(21,22)23/h3-8,13,15H,9-12,14H2,1-2H3. The van der Waals surface area contributed by atoms with Crippen LogP contribution >= 0.6 is 0 Å². The minimum Gasteiger partial charge on any atom is -0.354 e. The lowest BCUT2D eigenvalue weighted by molar-refractivity contribution is -0.137. The van der Waals surface area contributed by atoms with Crippen LogP contribution in [0.5, 0.6) is 0 Å². The van der Waals surface area contributed by atoms with Crippen LogP contribution in [0.2, 0.25) is 0 Å². The largest absolute Gasteiger partial charge is 0.417 e. The fourth-order valence-electron chi connectivity index (χ4n) is 3.14. The zero-order valence-electron chi connectivity index (χ0n) is 15.1. The topological polar surface area (TPSA) is 19.4 Å². The van der Waals surface area contributed by atoms with Crippen LogP contribution in [0, 0.1) is 0 Å². The van der Waals surface area contributed by atoms with E-state index in [1.54, 1.807) is 0 Å². The monoisotopic (exact) mass is 363 g/mol. The van der Waals surface area contributed by atoms with Gasteiger partial charge in [0.15, 0.2) is 0 Å². The number of anilines is 1. The molecule has 1 aromatic heterocycles. The highest BCUT2D eigenvalue weighted by molar-refractivity contribution is 5.40. The molecule has 6 heteroatoms. The van der Waals surface area contributed by atoms with E-state index in [0.29, 0.717) is 11.7 Å². The maximum atomic E-state index is 12.6. The Morgan fingerprint density at radius 1 is 0.962 bits per heavy atom. The Kier molecular flexibility index (Phi) is 5.51. The van der Waals surface area contributed by atoms with E-state index in [4.69, 9.17) is 0 Å².